The third-order valence-corrected chi connectivity index (χ3v) is 5.78. The molecule has 3 aromatic carbocycles. The van der Waals surface area contributed by atoms with Crippen LogP contribution in [0.3, 0.4) is 0 Å². The SMILES string of the molecule is NC(=O)C(c1ccccc1)N(C(=O)c1ccccc1)[C@@H]1CCc2ccc(OCCO)cc21. The average molecular weight is 431 g/mol. The molecule has 164 valence electrons. The zero-order valence-corrected chi connectivity index (χ0v) is 17.7. The van der Waals surface area contributed by atoms with Crippen LogP contribution in [0.4, 0.5) is 0 Å². The van der Waals surface area contributed by atoms with Gasteiger partial charge in [-0.05, 0) is 53.8 Å². The lowest BCUT2D eigenvalue weighted by molar-refractivity contribution is -0.123. The van der Waals surface area contributed by atoms with E-state index in [1.165, 1.54) is 0 Å². The minimum absolute atomic E-state index is 0.0864. The first-order valence-electron chi connectivity index (χ1n) is 10.7. The van der Waals surface area contributed by atoms with Crippen molar-refractivity contribution in [3.05, 3.63) is 101 Å². The van der Waals surface area contributed by atoms with Gasteiger partial charge in [0, 0.05) is 5.56 Å². The van der Waals surface area contributed by atoms with Gasteiger partial charge in [0.15, 0.2) is 0 Å². The highest BCUT2D eigenvalue weighted by atomic mass is 16.5. The van der Waals surface area contributed by atoms with Crippen LogP contribution in [0.2, 0.25) is 0 Å². The van der Waals surface area contributed by atoms with Crippen molar-refractivity contribution >= 4 is 11.8 Å². The minimum atomic E-state index is -0.915. The first-order valence-corrected chi connectivity index (χ1v) is 10.7. The van der Waals surface area contributed by atoms with Crippen molar-refractivity contribution in [2.45, 2.75) is 24.9 Å². The number of hydrogen-bond donors (Lipinski definition) is 2. The Hall–Kier alpha value is -3.64. The topological polar surface area (TPSA) is 92.9 Å². The molecule has 4 rings (SSSR count). The number of benzene rings is 3. The molecule has 0 aromatic heterocycles. The summed E-state index contributed by atoms with van der Waals surface area (Å²) >= 11 is 0. The van der Waals surface area contributed by atoms with Crippen LogP contribution in [0.5, 0.6) is 5.75 Å². The molecule has 0 spiro atoms. The Labute approximate surface area is 187 Å². The van der Waals surface area contributed by atoms with E-state index in [1.807, 2.05) is 54.6 Å². The first kappa shape index (κ1) is 21.6. The van der Waals surface area contributed by atoms with Gasteiger partial charge in [-0.2, -0.15) is 0 Å². The monoisotopic (exact) mass is 430 g/mol. The van der Waals surface area contributed by atoms with Gasteiger partial charge in [-0.3, -0.25) is 9.59 Å². The molecule has 0 heterocycles. The lowest BCUT2D eigenvalue weighted by Crippen LogP contribution is -2.43. The van der Waals surface area contributed by atoms with E-state index >= 15 is 0 Å². The standard InChI is InChI=1S/C26H26N2O4/c27-25(30)24(19-7-3-1-4-8-19)28(26(31)20-9-5-2-6-10-20)23-14-12-18-11-13-21(17-22(18)23)32-16-15-29/h1-11,13,17,23-24,29H,12,14-16H2,(H2,27,30)/t23-,24?/m1/s1. The van der Waals surface area contributed by atoms with Crippen molar-refractivity contribution in [2.75, 3.05) is 13.2 Å². The molecular formula is C26H26N2O4. The molecule has 0 saturated heterocycles. The Bertz CT molecular complexity index is 1090. The minimum Gasteiger partial charge on any atom is -0.491 e. The van der Waals surface area contributed by atoms with Crippen molar-refractivity contribution in [2.24, 2.45) is 5.73 Å². The van der Waals surface area contributed by atoms with Gasteiger partial charge in [-0.15, -0.1) is 0 Å². The van der Waals surface area contributed by atoms with Crippen molar-refractivity contribution in [1.29, 1.82) is 0 Å². The molecule has 2 amide bonds. The maximum absolute atomic E-state index is 13.8. The number of aliphatic hydroxyl groups excluding tert-OH is 1. The summed E-state index contributed by atoms with van der Waals surface area (Å²) in [5.74, 6) is -0.216. The number of aliphatic hydroxyl groups is 1. The van der Waals surface area contributed by atoms with E-state index in [-0.39, 0.29) is 25.2 Å². The second-order valence-electron chi connectivity index (χ2n) is 7.78. The number of rotatable bonds is 8. The lowest BCUT2D eigenvalue weighted by atomic mass is 9.98. The van der Waals surface area contributed by atoms with Gasteiger partial charge in [0.1, 0.15) is 18.4 Å². The highest BCUT2D eigenvalue weighted by Gasteiger charge is 2.39. The molecule has 0 fully saturated rings. The van der Waals surface area contributed by atoms with Crippen molar-refractivity contribution in [3.8, 4) is 5.75 Å². The number of carbonyl (C=O) groups is 2. The molecule has 0 radical (unpaired) electrons. The van der Waals surface area contributed by atoms with Crippen LogP contribution in [0.25, 0.3) is 0 Å². The molecule has 1 aliphatic carbocycles. The molecule has 6 nitrogen and oxygen atoms in total. The summed E-state index contributed by atoms with van der Waals surface area (Å²) in [6.45, 7) is 0.0981. The number of carbonyl (C=O) groups excluding carboxylic acids is 2. The fraction of sp³-hybridized carbons (Fsp3) is 0.231. The molecule has 32 heavy (non-hydrogen) atoms. The van der Waals surface area contributed by atoms with Crippen molar-refractivity contribution in [1.82, 2.24) is 4.90 Å². The molecule has 0 bridgehead atoms. The lowest BCUT2D eigenvalue weighted by Gasteiger charge is -2.36. The molecule has 1 unspecified atom stereocenters. The van der Waals surface area contributed by atoms with Gasteiger partial charge >= 0.3 is 0 Å². The van der Waals surface area contributed by atoms with Crippen LogP contribution in [-0.4, -0.2) is 35.0 Å². The van der Waals surface area contributed by atoms with Gasteiger partial charge in [0.05, 0.1) is 12.6 Å². The van der Waals surface area contributed by atoms with E-state index in [9.17, 15) is 9.59 Å². The van der Waals surface area contributed by atoms with E-state index in [2.05, 4.69) is 0 Å². The Kier molecular flexibility index (Phi) is 6.52. The van der Waals surface area contributed by atoms with Gasteiger partial charge in [-0.1, -0.05) is 54.6 Å². The van der Waals surface area contributed by atoms with Gasteiger partial charge in [0.2, 0.25) is 5.91 Å². The second kappa shape index (κ2) is 9.66. The third kappa shape index (κ3) is 4.36. The average Bonchev–Trinajstić information content (AvgIpc) is 3.24. The number of ether oxygens (including phenoxy) is 1. The van der Waals surface area contributed by atoms with Crippen LogP contribution in [-0.2, 0) is 11.2 Å². The summed E-state index contributed by atoms with van der Waals surface area (Å²) in [6, 6.07) is 22.6. The smallest absolute Gasteiger partial charge is 0.255 e. The Morgan fingerprint density at radius 3 is 2.38 bits per heavy atom. The molecular weight excluding hydrogens is 404 g/mol. The molecule has 6 heteroatoms. The van der Waals surface area contributed by atoms with Crippen LogP contribution in [0.1, 0.15) is 45.6 Å². The quantitative estimate of drug-likeness (QED) is 0.573. The van der Waals surface area contributed by atoms with Gasteiger partial charge in [0.25, 0.3) is 5.91 Å². The van der Waals surface area contributed by atoms with Crippen molar-refractivity contribution < 1.29 is 19.4 Å². The van der Waals surface area contributed by atoms with E-state index in [4.69, 9.17) is 15.6 Å². The first-order chi connectivity index (χ1) is 15.6. The Morgan fingerprint density at radius 1 is 1.03 bits per heavy atom. The molecule has 0 aliphatic heterocycles. The Balaban J connectivity index is 1.81. The third-order valence-electron chi connectivity index (χ3n) is 5.78. The number of primary amides is 1. The molecule has 3 N–H and O–H groups in total. The summed E-state index contributed by atoms with van der Waals surface area (Å²) in [4.78, 5) is 28.1. The number of amides is 2. The zero-order valence-electron chi connectivity index (χ0n) is 17.7. The molecule has 3 aromatic rings. The van der Waals surface area contributed by atoms with Crippen LogP contribution in [0, 0.1) is 0 Å². The number of hydrogen-bond acceptors (Lipinski definition) is 4. The summed E-state index contributed by atoms with van der Waals surface area (Å²) < 4.78 is 5.60. The second-order valence-corrected chi connectivity index (χ2v) is 7.78. The number of aryl methyl sites for hydroxylation is 1. The van der Waals surface area contributed by atoms with E-state index in [1.54, 1.807) is 29.2 Å². The molecule has 0 saturated carbocycles. The highest BCUT2D eigenvalue weighted by molar-refractivity contribution is 5.98. The number of nitrogens with two attached hydrogens (primary N) is 1. The summed E-state index contributed by atoms with van der Waals surface area (Å²) in [6.07, 6.45) is 1.45. The normalized spacial score (nSPS) is 15.6. The number of fused-ring (bicyclic) bond motifs is 1. The largest absolute Gasteiger partial charge is 0.491 e. The van der Waals surface area contributed by atoms with Crippen LogP contribution >= 0.6 is 0 Å². The fourth-order valence-electron chi connectivity index (χ4n) is 4.37. The number of nitrogens with zero attached hydrogens (tertiary/aromatic N) is 1. The highest BCUT2D eigenvalue weighted by Crippen LogP contribution is 2.42. The summed E-state index contributed by atoms with van der Waals surface area (Å²) in [5.41, 5.74) is 9.09. The predicted octanol–water partition coefficient (Wildman–Crippen LogP) is 3.41. The van der Waals surface area contributed by atoms with E-state index in [0.717, 1.165) is 17.5 Å². The van der Waals surface area contributed by atoms with E-state index in [0.29, 0.717) is 23.3 Å². The Morgan fingerprint density at radius 2 is 1.72 bits per heavy atom. The molecule has 1 aliphatic rings. The summed E-state index contributed by atoms with van der Waals surface area (Å²) in [7, 11) is 0. The maximum atomic E-state index is 13.8. The zero-order chi connectivity index (χ0) is 22.5. The van der Waals surface area contributed by atoms with Gasteiger partial charge < -0.3 is 20.5 Å². The van der Waals surface area contributed by atoms with Crippen LogP contribution in [0.15, 0.2) is 78.9 Å². The summed E-state index contributed by atoms with van der Waals surface area (Å²) in [5, 5.41) is 9.09. The predicted molar refractivity (Wildman–Crippen MR) is 121 cm³/mol. The maximum Gasteiger partial charge on any atom is 0.255 e. The van der Waals surface area contributed by atoms with Crippen LogP contribution < -0.4 is 10.5 Å². The van der Waals surface area contributed by atoms with E-state index < -0.39 is 11.9 Å². The van der Waals surface area contributed by atoms with Gasteiger partial charge in [-0.25, -0.2) is 0 Å². The van der Waals surface area contributed by atoms with Crippen molar-refractivity contribution in [3.63, 3.8) is 0 Å². The fourth-order valence-corrected chi connectivity index (χ4v) is 4.37. The molecule has 2 atom stereocenters.